The smallest absolute Gasteiger partial charge is 0.252 e. The first-order chi connectivity index (χ1) is 14.6. The topological polar surface area (TPSA) is 84.2 Å². The Labute approximate surface area is 171 Å². The molecule has 2 N–H and O–H groups in total. The number of amides is 2. The van der Waals surface area contributed by atoms with Gasteiger partial charge in [0.15, 0.2) is 0 Å². The van der Waals surface area contributed by atoms with Crippen LogP contribution in [0.25, 0.3) is 22.2 Å². The molecule has 0 fully saturated rings. The van der Waals surface area contributed by atoms with Crippen LogP contribution in [-0.4, -0.2) is 23.3 Å². The second kappa shape index (κ2) is 8.57. The molecule has 0 radical (unpaired) electrons. The minimum absolute atomic E-state index is 0.178. The highest BCUT2D eigenvalue weighted by Gasteiger charge is 2.15. The Bertz CT molecular complexity index is 1190. The number of halogens is 1. The van der Waals surface area contributed by atoms with Gasteiger partial charge in [0.25, 0.3) is 5.91 Å². The number of fused-ring (bicyclic) bond motifs is 1. The number of aromatic nitrogens is 1. The van der Waals surface area contributed by atoms with Crippen molar-refractivity contribution in [2.24, 2.45) is 0 Å². The molecule has 0 saturated heterocycles. The predicted molar refractivity (Wildman–Crippen MR) is 110 cm³/mol. The number of pyridine rings is 1. The van der Waals surface area contributed by atoms with Crippen molar-refractivity contribution in [2.75, 3.05) is 6.54 Å². The van der Waals surface area contributed by atoms with Crippen LogP contribution in [0, 0.1) is 5.82 Å². The Morgan fingerprint density at radius 1 is 0.967 bits per heavy atom. The van der Waals surface area contributed by atoms with Crippen LogP contribution in [0.5, 0.6) is 0 Å². The van der Waals surface area contributed by atoms with Gasteiger partial charge in [-0.15, -0.1) is 0 Å². The number of carbonyl (C=O) groups excluding carboxylic acids is 2. The molecule has 150 valence electrons. The zero-order valence-electron chi connectivity index (χ0n) is 15.9. The summed E-state index contributed by atoms with van der Waals surface area (Å²) in [6.45, 7) is 0.0662. The van der Waals surface area contributed by atoms with E-state index in [2.05, 4.69) is 15.6 Å². The molecule has 2 aromatic heterocycles. The fraction of sp³-hybridized carbons (Fsp3) is 0.0870. The maximum Gasteiger partial charge on any atom is 0.252 e. The lowest BCUT2D eigenvalue weighted by molar-refractivity contribution is -0.120. The summed E-state index contributed by atoms with van der Waals surface area (Å²) in [5, 5.41) is 5.98. The third kappa shape index (κ3) is 4.35. The number of hydrogen-bond acceptors (Lipinski definition) is 4. The molecule has 2 heterocycles. The summed E-state index contributed by atoms with van der Waals surface area (Å²) in [6, 6.07) is 18.3. The lowest BCUT2D eigenvalue weighted by atomic mass is 10.0. The van der Waals surface area contributed by atoms with Gasteiger partial charge in [-0.05, 0) is 48.5 Å². The number of nitrogens with one attached hydrogen (secondary N) is 2. The molecule has 4 aromatic rings. The van der Waals surface area contributed by atoms with Crippen LogP contribution in [-0.2, 0) is 11.3 Å². The van der Waals surface area contributed by atoms with Gasteiger partial charge in [0, 0.05) is 10.9 Å². The number of para-hydroxylation sites is 1. The molecular weight excluding hydrogens is 385 g/mol. The van der Waals surface area contributed by atoms with Crippen LogP contribution >= 0.6 is 0 Å². The van der Waals surface area contributed by atoms with Gasteiger partial charge in [0.1, 0.15) is 11.6 Å². The van der Waals surface area contributed by atoms with E-state index < -0.39 is 5.91 Å². The summed E-state index contributed by atoms with van der Waals surface area (Å²) < 4.78 is 18.4. The van der Waals surface area contributed by atoms with Crippen molar-refractivity contribution < 1.29 is 18.4 Å². The zero-order valence-corrected chi connectivity index (χ0v) is 15.9. The summed E-state index contributed by atoms with van der Waals surface area (Å²) in [4.78, 5) is 29.5. The van der Waals surface area contributed by atoms with Crippen LogP contribution in [0.4, 0.5) is 4.39 Å². The molecule has 0 aliphatic carbocycles. The van der Waals surface area contributed by atoms with Crippen molar-refractivity contribution in [1.29, 1.82) is 0 Å². The third-order valence-electron chi connectivity index (χ3n) is 4.55. The standard InChI is InChI=1S/C23H18FN3O3/c24-16-9-7-15(8-10-16)21-12-19(18-5-1-2-6-20(18)27-21)23(29)26-14-22(28)25-13-17-4-3-11-30-17/h1-12H,13-14H2,(H,25,28)(H,26,29). The molecule has 7 heteroatoms. The molecule has 2 amide bonds. The summed E-state index contributed by atoms with van der Waals surface area (Å²) >= 11 is 0. The third-order valence-corrected chi connectivity index (χ3v) is 4.55. The monoisotopic (exact) mass is 403 g/mol. The maximum atomic E-state index is 13.3. The molecule has 0 spiro atoms. The van der Waals surface area contributed by atoms with E-state index in [-0.39, 0.29) is 24.8 Å². The van der Waals surface area contributed by atoms with Crippen molar-refractivity contribution >= 4 is 22.7 Å². The number of furan rings is 1. The summed E-state index contributed by atoms with van der Waals surface area (Å²) in [5.41, 5.74) is 2.25. The van der Waals surface area contributed by atoms with Gasteiger partial charge in [-0.2, -0.15) is 0 Å². The molecule has 0 aliphatic heterocycles. The van der Waals surface area contributed by atoms with E-state index in [1.54, 1.807) is 42.5 Å². The Morgan fingerprint density at radius 3 is 2.53 bits per heavy atom. The molecule has 2 aromatic carbocycles. The average molecular weight is 403 g/mol. The normalized spacial score (nSPS) is 10.7. The van der Waals surface area contributed by atoms with E-state index in [1.165, 1.54) is 18.4 Å². The molecule has 0 unspecified atom stereocenters. The molecule has 0 aliphatic rings. The van der Waals surface area contributed by atoms with E-state index in [9.17, 15) is 14.0 Å². The van der Waals surface area contributed by atoms with Gasteiger partial charge in [-0.1, -0.05) is 18.2 Å². The van der Waals surface area contributed by atoms with E-state index in [1.807, 2.05) is 12.1 Å². The minimum Gasteiger partial charge on any atom is -0.467 e. The van der Waals surface area contributed by atoms with Crippen LogP contribution < -0.4 is 10.6 Å². The Kier molecular flexibility index (Phi) is 5.52. The number of nitrogens with zero attached hydrogens (tertiary/aromatic N) is 1. The van der Waals surface area contributed by atoms with E-state index >= 15 is 0 Å². The Morgan fingerprint density at radius 2 is 1.77 bits per heavy atom. The number of rotatable bonds is 6. The van der Waals surface area contributed by atoms with Crippen molar-refractivity contribution in [3.8, 4) is 11.3 Å². The van der Waals surface area contributed by atoms with E-state index in [4.69, 9.17) is 4.42 Å². The molecule has 0 atom stereocenters. The van der Waals surface area contributed by atoms with E-state index in [0.29, 0.717) is 33.5 Å². The molecule has 0 bridgehead atoms. The quantitative estimate of drug-likeness (QED) is 0.514. The van der Waals surface area contributed by atoms with E-state index in [0.717, 1.165) is 0 Å². The highest BCUT2D eigenvalue weighted by atomic mass is 19.1. The Hall–Kier alpha value is -4.00. The van der Waals surface area contributed by atoms with Crippen LogP contribution in [0.1, 0.15) is 16.1 Å². The second-order valence-corrected chi connectivity index (χ2v) is 6.62. The van der Waals surface area contributed by atoms with Crippen LogP contribution in [0.15, 0.2) is 77.4 Å². The van der Waals surface area contributed by atoms with Gasteiger partial charge in [0.05, 0.1) is 36.1 Å². The van der Waals surface area contributed by atoms with Crippen LogP contribution in [0.2, 0.25) is 0 Å². The van der Waals surface area contributed by atoms with Gasteiger partial charge in [-0.3, -0.25) is 9.59 Å². The molecular formula is C23H18FN3O3. The summed E-state index contributed by atoms with van der Waals surface area (Å²) in [5.74, 6) is -0.459. The van der Waals surface area contributed by atoms with Crippen molar-refractivity contribution in [3.63, 3.8) is 0 Å². The number of carbonyl (C=O) groups is 2. The SMILES string of the molecule is O=C(CNC(=O)c1cc(-c2ccc(F)cc2)nc2ccccc12)NCc1ccco1. The Balaban J connectivity index is 1.53. The van der Waals surface area contributed by atoms with Crippen molar-refractivity contribution in [1.82, 2.24) is 15.6 Å². The molecule has 0 saturated carbocycles. The predicted octanol–water partition coefficient (Wildman–Crippen LogP) is 3.68. The highest BCUT2D eigenvalue weighted by molar-refractivity contribution is 6.08. The number of hydrogen-bond donors (Lipinski definition) is 2. The summed E-state index contributed by atoms with van der Waals surface area (Å²) in [6.07, 6.45) is 1.52. The summed E-state index contributed by atoms with van der Waals surface area (Å²) in [7, 11) is 0. The molecule has 6 nitrogen and oxygen atoms in total. The van der Waals surface area contributed by atoms with Gasteiger partial charge in [-0.25, -0.2) is 9.37 Å². The molecule has 30 heavy (non-hydrogen) atoms. The first-order valence-electron chi connectivity index (χ1n) is 9.33. The maximum absolute atomic E-state index is 13.3. The first kappa shape index (κ1) is 19.3. The zero-order chi connectivity index (χ0) is 20.9. The van der Waals surface area contributed by atoms with Crippen molar-refractivity contribution in [2.45, 2.75) is 6.54 Å². The highest BCUT2D eigenvalue weighted by Crippen LogP contribution is 2.25. The van der Waals surface area contributed by atoms with Gasteiger partial charge < -0.3 is 15.1 Å². The van der Waals surface area contributed by atoms with Gasteiger partial charge >= 0.3 is 0 Å². The van der Waals surface area contributed by atoms with Crippen molar-refractivity contribution in [3.05, 3.63) is 90.1 Å². The lowest BCUT2D eigenvalue weighted by Gasteiger charge is -2.11. The lowest BCUT2D eigenvalue weighted by Crippen LogP contribution is -2.36. The fourth-order valence-corrected chi connectivity index (χ4v) is 3.05. The second-order valence-electron chi connectivity index (χ2n) is 6.62. The van der Waals surface area contributed by atoms with Gasteiger partial charge in [0.2, 0.25) is 5.91 Å². The van der Waals surface area contributed by atoms with Crippen LogP contribution in [0.3, 0.4) is 0 Å². The first-order valence-corrected chi connectivity index (χ1v) is 9.33. The average Bonchev–Trinajstić information content (AvgIpc) is 3.29. The fourth-order valence-electron chi connectivity index (χ4n) is 3.05. The molecule has 4 rings (SSSR count). The minimum atomic E-state index is -0.398. The number of benzene rings is 2. The largest absolute Gasteiger partial charge is 0.467 e.